The molecule has 3 heterocycles. The van der Waals surface area contributed by atoms with Gasteiger partial charge in [-0.05, 0) is 31.2 Å². The molecule has 0 aromatic carbocycles. The molecule has 0 bridgehead atoms. The van der Waals surface area contributed by atoms with E-state index >= 15 is 0 Å². The first kappa shape index (κ1) is 10.7. The Morgan fingerprint density at radius 1 is 1.28 bits per heavy atom. The Kier molecular flexibility index (Phi) is 2.41. The Morgan fingerprint density at radius 2 is 2.17 bits per heavy atom. The number of aryl methyl sites for hydroxylation is 1. The largest absolute Gasteiger partial charge is 0.277 e. The smallest absolute Gasteiger partial charge is 0.102 e. The SMILES string of the molecule is C=Cc1cc2[nH]nc(-c3ccnc(C)c3)c2cn1. The van der Waals surface area contributed by atoms with Crippen molar-refractivity contribution in [2.45, 2.75) is 6.92 Å². The van der Waals surface area contributed by atoms with Gasteiger partial charge in [0.25, 0.3) is 0 Å². The first-order valence-electron chi connectivity index (χ1n) is 5.67. The van der Waals surface area contributed by atoms with Crippen LogP contribution in [0.5, 0.6) is 0 Å². The minimum absolute atomic E-state index is 0.837. The fourth-order valence-electron chi connectivity index (χ4n) is 1.95. The van der Waals surface area contributed by atoms with Crippen molar-refractivity contribution in [3.8, 4) is 11.3 Å². The summed E-state index contributed by atoms with van der Waals surface area (Å²) in [5.74, 6) is 0. The highest BCUT2D eigenvalue weighted by Crippen LogP contribution is 2.26. The highest BCUT2D eigenvalue weighted by Gasteiger charge is 2.09. The molecule has 88 valence electrons. The number of H-pyrrole nitrogens is 1. The van der Waals surface area contributed by atoms with Gasteiger partial charge in [0.2, 0.25) is 0 Å². The molecule has 0 saturated heterocycles. The number of hydrogen-bond donors (Lipinski definition) is 1. The van der Waals surface area contributed by atoms with Gasteiger partial charge in [-0.3, -0.25) is 15.1 Å². The van der Waals surface area contributed by atoms with E-state index in [9.17, 15) is 0 Å². The summed E-state index contributed by atoms with van der Waals surface area (Å²) in [5, 5.41) is 8.38. The van der Waals surface area contributed by atoms with Crippen LogP contribution in [0.3, 0.4) is 0 Å². The minimum Gasteiger partial charge on any atom is -0.277 e. The summed E-state index contributed by atoms with van der Waals surface area (Å²) in [6.45, 7) is 5.67. The monoisotopic (exact) mass is 236 g/mol. The van der Waals surface area contributed by atoms with E-state index in [2.05, 4.69) is 26.7 Å². The van der Waals surface area contributed by atoms with Gasteiger partial charge in [-0.25, -0.2) is 0 Å². The van der Waals surface area contributed by atoms with Gasteiger partial charge in [0.1, 0.15) is 5.69 Å². The molecule has 1 N–H and O–H groups in total. The van der Waals surface area contributed by atoms with E-state index < -0.39 is 0 Å². The van der Waals surface area contributed by atoms with Crippen LogP contribution in [-0.2, 0) is 0 Å². The number of pyridine rings is 2. The third kappa shape index (κ3) is 1.68. The standard InChI is InChI=1S/C14H12N4/c1-3-11-7-13-12(8-16-11)14(18-17-13)10-4-5-15-9(2)6-10/h3-8H,1H2,2H3,(H,17,18). The molecule has 0 spiro atoms. The lowest BCUT2D eigenvalue weighted by Gasteiger charge is -1.99. The van der Waals surface area contributed by atoms with E-state index in [1.807, 2.05) is 31.3 Å². The zero-order valence-electron chi connectivity index (χ0n) is 10.0. The van der Waals surface area contributed by atoms with Crippen LogP contribution in [-0.4, -0.2) is 20.2 Å². The average Bonchev–Trinajstić information content (AvgIpc) is 2.81. The molecule has 3 aromatic heterocycles. The van der Waals surface area contributed by atoms with Crippen LogP contribution in [0.15, 0.2) is 37.2 Å². The van der Waals surface area contributed by atoms with Crippen LogP contribution in [0.4, 0.5) is 0 Å². The van der Waals surface area contributed by atoms with Crippen molar-refractivity contribution in [3.05, 3.63) is 48.6 Å². The maximum atomic E-state index is 4.35. The lowest BCUT2D eigenvalue weighted by atomic mass is 10.1. The molecule has 4 nitrogen and oxygen atoms in total. The molecule has 0 radical (unpaired) electrons. The predicted molar refractivity (Wildman–Crippen MR) is 71.9 cm³/mol. The number of aromatic amines is 1. The lowest BCUT2D eigenvalue weighted by molar-refractivity contribution is 1.12. The Balaban J connectivity index is 2.21. The van der Waals surface area contributed by atoms with Gasteiger partial charge >= 0.3 is 0 Å². The Hall–Kier alpha value is -2.49. The zero-order chi connectivity index (χ0) is 12.5. The lowest BCUT2D eigenvalue weighted by Crippen LogP contribution is -1.84. The number of hydrogen-bond acceptors (Lipinski definition) is 3. The molecule has 0 aliphatic rings. The number of fused-ring (bicyclic) bond motifs is 1. The van der Waals surface area contributed by atoms with E-state index in [0.717, 1.165) is 33.5 Å². The molecule has 0 aliphatic carbocycles. The van der Waals surface area contributed by atoms with Crippen molar-refractivity contribution < 1.29 is 0 Å². The number of aromatic nitrogens is 4. The van der Waals surface area contributed by atoms with Crippen molar-refractivity contribution in [2.75, 3.05) is 0 Å². The van der Waals surface area contributed by atoms with Crippen molar-refractivity contribution >= 4 is 17.0 Å². The molecule has 3 rings (SSSR count). The summed E-state index contributed by atoms with van der Waals surface area (Å²) in [5.41, 5.74) is 4.72. The van der Waals surface area contributed by atoms with Gasteiger partial charge in [0.05, 0.1) is 11.2 Å². The molecular formula is C14H12N4. The molecule has 0 amide bonds. The molecule has 3 aromatic rings. The summed E-state index contributed by atoms with van der Waals surface area (Å²) in [6, 6.07) is 5.90. The predicted octanol–water partition coefficient (Wildman–Crippen LogP) is 2.97. The van der Waals surface area contributed by atoms with Crippen LogP contribution in [0.2, 0.25) is 0 Å². The van der Waals surface area contributed by atoms with Gasteiger partial charge in [0, 0.05) is 29.0 Å². The molecule has 0 aliphatic heterocycles. The van der Waals surface area contributed by atoms with Gasteiger partial charge < -0.3 is 0 Å². The highest BCUT2D eigenvalue weighted by atomic mass is 15.1. The quantitative estimate of drug-likeness (QED) is 0.744. The fourth-order valence-corrected chi connectivity index (χ4v) is 1.95. The number of rotatable bonds is 2. The molecule has 4 heteroatoms. The van der Waals surface area contributed by atoms with E-state index in [1.165, 1.54) is 0 Å². The summed E-state index contributed by atoms with van der Waals surface area (Å²) in [7, 11) is 0. The van der Waals surface area contributed by atoms with Crippen molar-refractivity contribution in [2.24, 2.45) is 0 Å². The van der Waals surface area contributed by atoms with Crippen LogP contribution in [0.25, 0.3) is 28.2 Å². The van der Waals surface area contributed by atoms with Crippen molar-refractivity contribution in [3.63, 3.8) is 0 Å². The first-order chi connectivity index (χ1) is 8.78. The molecule has 0 unspecified atom stereocenters. The molecule has 18 heavy (non-hydrogen) atoms. The second kappa shape index (κ2) is 4.07. The van der Waals surface area contributed by atoms with Crippen LogP contribution < -0.4 is 0 Å². The van der Waals surface area contributed by atoms with E-state index in [0.29, 0.717) is 0 Å². The summed E-state index contributed by atoms with van der Waals surface area (Å²) in [4.78, 5) is 8.50. The second-order valence-electron chi connectivity index (χ2n) is 4.12. The normalized spacial score (nSPS) is 10.7. The summed E-state index contributed by atoms with van der Waals surface area (Å²) in [6.07, 6.45) is 5.33. The van der Waals surface area contributed by atoms with Crippen molar-refractivity contribution in [1.29, 1.82) is 0 Å². The molecule has 0 atom stereocenters. The van der Waals surface area contributed by atoms with Gasteiger partial charge in [-0.2, -0.15) is 5.10 Å². The molecule has 0 fully saturated rings. The summed E-state index contributed by atoms with van der Waals surface area (Å²) < 4.78 is 0. The van der Waals surface area contributed by atoms with E-state index in [4.69, 9.17) is 0 Å². The summed E-state index contributed by atoms with van der Waals surface area (Å²) >= 11 is 0. The average molecular weight is 236 g/mol. The molecular weight excluding hydrogens is 224 g/mol. The highest BCUT2D eigenvalue weighted by molar-refractivity contribution is 5.92. The first-order valence-corrected chi connectivity index (χ1v) is 5.67. The van der Waals surface area contributed by atoms with Gasteiger partial charge in [-0.15, -0.1) is 0 Å². The van der Waals surface area contributed by atoms with E-state index in [1.54, 1.807) is 12.3 Å². The Bertz CT molecular complexity index is 727. The maximum Gasteiger partial charge on any atom is 0.102 e. The second-order valence-corrected chi connectivity index (χ2v) is 4.12. The topological polar surface area (TPSA) is 54.5 Å². The third-order valence-corrected chi connectivity index (χ3v) is 2.85. The Morgan fingerprint density at radius 3 is 2.94 bits per heavy atom. The number of nitrogens with zero attached hydrogens (tertiary/aromatic N) is 3. The van der Waals surface area contributed by atoms with E-state index in [-0.39, 0.29) is 0 Å². The fraction of sp³-hybridized carbons (Fsp3) is 0.0714. The minimum atomic E-state index is 0.837. The van der Waals surface area contributed by atoms with Crippen LogP contribution in [0.1, 0.15) is 11.4 Å². The third-order valence-electron chi connectivity index (χ3n) is 2.85. The molecule has 0 saturated carbocycles. The maximum absolute atomic E-state index is 4.35. The van der Waals surface area contributed by atoms with Crippen LogP contribution >= 0.6 is 0 Å². The van der Waals surface area contributed by atoms with Crippen molar-refractivity contribution in [1.82, 2.24) is 20.2 Å². The zero-order valence-corrected chi connectivity index (χ0v) is 10.0. The van der Waals surface area contributed by atoms with Crippen LogP contribution in [0, 0.1) is 6.92 Å². The Labute approximate surface area is 104 Å². The van der Waals surface area contributed by atoms with Gasteiger partial charge in [0.15, 0.2) is 0 Å². The van der Waals surface area contributed by atoms with Gasteiger partial charge in [-0.1, -0.05) is 6.58 Å². The number of nitrogens with one attached hydrogen (secondary N) is 1.